The summed E-state index contributed by atoms with van der Waals surface area (Å²) in [4.78, 5) is 0. The fourth-order valence-corrected chi connectivity index (χ4v) is 2.21. The van der Waals surface area contributed by atoms with E-state index in [1.807, 2.05) is 12.1 Å². The third-order valence-electron chi connectivity index (χ3n) is 4.09. The summed E-state index contributed by atoms with van der Waals surface area (Å²) in [5.41, 5.74) is 3.82. The topological polar surface area (TPSA) is 21.3 Å². The lowest BCUT2D eigenvalue weighted by atomic mass is 10.0. The lowest BCUT2D eigenvalue weighted by Crippen LogP contribution is -2.37. The highest BCUT2D eigenvalue weighted by molar-refractivity contribution is 5.34. The number of benzene rings is 2. The van der Waals surface area contributed by atoms with E-state index in [0.29, 0.717) is 6.61 Å². The Morgan fingerprint density at radius 2 is 1.82 bits per heavy atom. The van der Waals surface area contributed by atoms with Crippen molar-refractivity contribution in [1.82, 2.24) is 5.32 Å². The van der Waals surface area contributed by atoms with Crippen LogP contribution in [0.25, 0.3) is 0 Å². The molecule has 0 unspecified atom stereocenters. The molecule has 0 saturated heterocycles. The van der Waals surface area contributed by atoms with Gasteiger partial charge in [0.15, 0.2) is 0 Å². The molecule has 118 valence electrons. The van der Waals surface area contributed by atoms with Gasteiger partial charge in [-0.1, -0.05) is 55.0 Å². The average molecular weight is 297 g/mol. The van der Waals surface area contributed by atoms with Crippen LogP contribution in [0.3, 0.4) is 0 Å². The molecule has 2 aromatic carbocycles. The van der Waals surface area contributed by atoms with E-state index in [0.717, 1.165) is 18.7 Å². The van der Waals surface area contributed by atoms with Crippen molar-refractivity contribution in [3.8, 4) is 5.75 Å². The van der Waals surface area contributed by atoms with E-state index in [4.69, 9.17) is 4.74 Å². The molecule has 0 aliphatic rings. The Bertz CT molecular complexity index is 604. The maximum absolute atomic E-state index is 6.04. The minimum atomic E-state index is 0.143. The van der Waals surface area contributed by atoms with Crippen LogP contribution in [-0.2, 0) is 13.2 Å². The molecule has 2 heteroatoms. The molecular formula is C20H27NO. The van der Waals surface area contributed by atoms with Gasteiger partial charge in [0, 0.05) is 17.6 Å². The third-order valence-corrected chi connectivity index (χ3v) is 4.09. The van der Waals surface area contributed by atoms with Gasteiger partial charge >= 0.3 is 0 Å². The lowest BCUT2D eigenvalue weighted by Gasteiger charge is -2.25. The summed E-state index contributed by atoms with van der Waals surface area (Å²) in [5, 5.41) is 3.59. The molecule has 0 fully saturated rings. The number of nitrogens with one attached hydrogen (secondary N) is 1. The molecule has 2 nitrogen and oxygen atoms in total. The standard InChI is InChI=1S/C20H27NO/c1-5-20(3,4)21-14-18-11-6-7-12-19(18)22-15-17-10-8-9-16(2)13-17/h6-13,21H,5,14-15H2,1-4H3. The fourth-order valence-electron chi connectivity index (χ4n) is 2.21. The molecule has 0 aliphatic carbocycles. The Hall–Kier alpha value is -1.80. The predicted octanol–water partition coefficient (Wildman–Crippen LogP) is 4.85. The van der Waals surface area contributed by atoms with E-state index in [-0.39, 0.29) is 5.54 Å². The lowest BCUT2D eigenvalue weighted by molar-refractivity contribution is 0.298. The van der Waals surface area contributed by atoms with Crippen LogP contribution in [0.4, 0.5) is 0 Å². The molecule has 0 amide bonds. The van der Waals surface area contributed by atoms with Gasteiger partial charge in [-0.25, -0.2) is 0 Å². The second-order valence-electron chi connectivity index (χ2n) is 6.48. The summed E-state index contributed by atoms with van der Waals surface area (Å²) >= 11 is 0. The first-order chi connectivity index (χ1) is 10.5. The number of ether oxygens (including phenoxy) is 1. The van der Waals surface area contributed by atoms with Crippen molar-refractivity contribution in [3.05, 3.63) is 65.2 Å². The average Bonchev–Trinajstić information content (AvgIpc) is 2.52. The Labute approximate surface area is 134 Å². The molecule has 2 rings (SSSR count). The summed E-state index contributed by atoms with van der Waals surface area (Å²) in [6.07, 6.45) is 1.10. The van der Waals surface area contributed by atoms with Crippen molar-refractivity contribution in [2.75, 3.05) is 0 Å². The van der Waals surface area contributed by atoms with Crippen LogP contribution in [-0.4, -0.2) is 5.54 Å². The molecule has 0 heterocycles. The molecule has 0 aliphatic heterocycles. The van der Waals surface area contributed by atoms with E-state index < -0.39 is 0 Å². The second kappa shape index (κ2) is 7.46. The smallest absolute Gasteiger partial charge is 0.124 e. The van der Waals surface area contributed by atoms with Crippen molar-refractivity contribution in [2.24, 2.45) is 0 Å². The third kappa shape index (κ3) is 4.88. The van der Waals surface area contributed by atoms with Gasteiger partial charge in [-0.15, -0.1) is 0 Å². The van der Waals surface area contributed by atoms with E-state index in [2.05, 4.69) is 69.4 Å². The van der Waals surface area contributed by atoms with Crippen LogP contribution in [0.1, 0.15) is 43.9 Å². The summed E-state index contributed by atoms with van der Waals surface area (Å²) < 4.78 is 6.04. The van der Waals surface area contributed by atoms with Gasteiger partial charge in [-0.05, 0) is 38.8 Å². The highest BCUT2D eigenvalue weighted by Crippen LogP contribution is 2.21. The predicted molar refractivity (Wildman–Crippen MR) is 93.2 cm³/mol. The minimum absolute atomic E-state index is 0.143. The van der Waals surface area contributed by atoms with Crippen molar-refractivity contribution < 1.29 is 4.74 Å². The minimum Gasteiger partial charge on any atom is -0.489 e. The molecular weight excluding hydrogens is 270 g/mol. The molecule has 0 saturated carbocycles. The Kier molecular flexibility index (Phi) is 5.62. The van der Waals surface area contributed by atoms with Crippen molar-refractivity contribution in [2.45, 2.75) is 52.8 Å². The quantitative estimate of drug-likeness (QED) is 0.788. The highest BCUT2D eigenvalue weighted by atomic mass is 16.5. The first-order valence-corrected chi connectivity index (χ1v) is 8.01. The molecule has 2 aromatic rings. The summed E-state index contributed by atoms with van der Waals surface area (Å²) in [5.74, 6) is 0.961. The molecule has 0 spiro atoms. The van der Waals surface area contributed by atoms with Gasteiger partial charge in [-0.2, -0.15) is 0 Å². The maximum atomic E-state index is 6.04. The molecule has 0 bridgehead atoms. The Morgan fingerprint density at radius 1 is 1.05 bits per heavy atom. The van der Waals surface area contributed by atoms with E-state index in [9.17, 15) is 0 Å². The normalized spacial score (nSPS) is 11.5. The SMILES string of the molecule is CCC(C)(C)NCc1ccccc1OCc1cccc(C)c1. The van der Waals surface area contributed by atoms with Gasteiger partial charge in [0.05, 0.1) is 0 Å². The molecule has 0 aromatic heterocycles. The zero-order valence-electron chi connectivity index (χ0n) is 14.1. The second-order valence-corrected chi connectivity index (χ2v) is 6.48. The summed E-state index contributed by atoms with van der Waals surface area (Å²) in [7, 11) is 0. The van der Waals surface area contributed by atoms with Crippen molar-refractivity contribution >= 4 is 0 Å². The van der Waals surface area contributed by atoms with Gasteiger partial charge in [0.25, 0.3) is 0 Å². The Balaban J connectivity index is 2.02. The zero-order chi connectivity index (χ0) is 16.0. The van der Waals surface area contributed by atoms with Gasteiger partial charge in [0.1, 0.15) is 12.4 Å². The largest absolute Gasteiger partial charge is 0.489 e. The number of aryl methyl sites for hydroxylation is 1. The first-order valence-electron chi connectivity index (χ1n) is 8.01. The first kappa shape index (κ1) is 16.6. The monoisotopic (exact) mass is 297 g/mol. The molecule has 0 radical (unpaired) electrons. The van der Waals surface area contributed by atoms with Crippen molar-refractivity contribution in [1.29, 1.82) is 0 Å². The summed E-state index contributed by atoms with van der Waals surface area (Å²) in [6, 6.07) is 16.7. The number of para-hydroxylation sites is 1. The van der Waals surface area contributed by atoms with Crippen LogP contribution >= 0.6 is 0 Å². The molecule has 22 heavy (non-hydrogen) atoms. The Morgan fingerprint density at radius 3 is 2.55 bits per heavy atom. The van der Waals surface area contributed by atoms with Gasteiger partial charge in [0.2, 0.25) is 0 Å². The van der Waals surface area contributed by atoms with Crippen molar-refractivity contribution in [3.63, 3.8) is 0 Å². The number of hydrogen-bond acceptors (Lipinski definition) is 2. The van der Waals surface area contributed by atoms with E-state index >= 15 is 0 Å². The van der Waals surface area contributed by atoms with E-state index in [1.165, 1.54) is 16.7 Å². The van der Waals surface area contributed by atoms with Crippen LogP contribution in [0.2, 0.25) is 0 Å². The van der Waals surface area contributed by atoms with Crippen LogP contribution in [0.5, 0.6) is 5.75 Å². The molecule has 1 N–H and O–H groups in total. The summed E-state index contributed by atoms with van der Waals surface area (Å²) in [6.45, 7) is 10.2. The van der Waals surface area contributed by atoms with Crippen LogP contribution in [0.15, 0.2) is 48.5 Å². The van der Waals surface area contributed by atoms with Crippen LogP contribution in [0, 0.1) is 6.92 Å². The number of hydrogen-bond donors (Lipinski definition) is 1. The van der Waals surface area contributed by atoms with Gasteiger partial charge < -0.3 is 10.1 Å². The molecule has 0 atom stereocenters. The van der Waals surface area contributed by atoms with Crippen LogP contribution < -0.4 is 10.1 Å². The highest BCUT2D eigenvalue weighted by Gasteiger charge is 2.14. The zero-order valence-corrected chi connectivity index (χ0v) is 14.1. The fraction of sp³-hybridized carbons (Fsp3) is 0.400. The van der Waals surface area contributed by atoms with E-state index in [1.54, 1.807) is 0 Å². The van der Waals surface area contributed by atoms with Gasteiger partial charge in [-0.3, -0.25) is 0 Å². The maximum Gasteiger partial charge on any atom is 0.124 e. The number of rotatable bonds is 7.